The number of hydrogen-bond donors (Lipinski definition) is 4. The Morgan fingerprint density at radius 1 is 1.06 bits per heavy atom. The molecule has 0 aliphatic heterocycles. The molecule has 1 saturated carbocycles. The maximum Gasteiger partial charge on any atom is 0.221 e. The molecule has 164 valence electrons. The monoisotopic (exact) mass is 439 g/mol. The number of halogens is 1. The van der Waals surface area contributed by atoms with E-state index in [0.717, 1.165) is 34.1 Å². The number of rotatable bonds is 6. The predicted octanol–water partition coefficient (Wildman–Crippen LogP) is 5.01. The first kappa shape index (κ1) is 19.5. The van der Waals surface area contributed by atoms with Crippen LogP contribution in [0.4, 0.5) is 22.0 Å². The maximum atomic E-state index is 14.1. The molecule has 1 aliphatic carbocycles. The minimum absolute atomic E-state index is 0.151. The van der Waals surface area contributed by atoms with Gasteiger partial charge in [0.05, 0.1) is 0 Å². The fourth-order valence-corrected chi connectivity index (χ4v) is 4.54. The van der Waals surface area contributed by atoms with E-state index in [2.05, 4.69) is 48.7 Å². The zero-order chi connectivity index (χ0) is 22.4. The van der Waals surface area contributed by atoms with Crippen LogP contribution in [0.3, 0.4) is 0 Å². The predicted molar refractivity (Wildman–Crippen MR) is 126 cm³/mol. The summed E-state index contributed by atoms with van der Waals surface area (Å²) in [4.78, 5) is 11.9. The van der Waals surface area contributed by atoms with E-state index in [1.54, 1.807) is 12.3 Å². The summed E-state index contributed by atoms with van der Waals surface area (Å²) >= 11 is 0. The van der Waals surface area contributed by atoms with Crippen LogP contribution in [-0.2, 0) is 6.42 Å². The largest absolute Gasteiger partial charge is 0.368 e. The molecule has 2 atom stereocenters. The van der Waals surface area contributed by atoms with Crippen molar-refractivity contribution in [2.45, 2.75) is 24.7 Å². The number of aromatic nitrogens is 5. The van der Waals surface area contributed by atoms with Crippen LogP contribution in [0, 0.1) is 5.82 Å². The highest BCUT2D eigenvalue weighted by atomic mass is 19.1. The minimum atomic E-state index is -0.151. The molecule has 1 aliphatic rings. The Kier molecular flexibility index (Phi) is 4.57. The molecule has 1 fully saturated rings. The van der Waals surface area contributed by atoms with E-state index in [4.69, 9.17) is 5.73 Å². The van der Waals surface area contributed by atoms with Crippen LogP contribution in [0.5, 0.6) is 0 Å². The number of nitrogens with zero attached hydrogens (tertiary/aromatic N) is 3. The summed E-state index contributed by atoms with van der Waals surface area (Å²) in [5, 5.41) is 12.0. The van der Waals surface area contributed by atoms with Crippen molar-refractivity contribution >= 4 is 28.5 Å². The van der Waals surface area contributed by atoms with Crippen LogP contribution in [-0.4, -0.2) is 25.1 Å². The zero-order valence-corrected chi connectivity index (χ0v) is 17.7. The van der Waals surface area contributed by atoms with Gasteiger partial charge in [-0.15, -0.1) is 0 Å². The molecule has 0 bridgehead atoms. The van der Waals surface area contributed by atoms with Crippen molar-refractivity contribution in [3.05, 3.63) is 95.2 Å². The average Bonchev–Trinajstić information content (AvgIpc) is 3.21. The van der Waals surface area contributed by atoms with Gasteiger partial charge >= 0.3 is 0 Å². The molecule has 0 amide bonds. The molecule has 2 unspecified atom stereocenters. The Morgan fingerprint density at radius 3 is 2.88 bits per heavy atom. The van der Waals surface area contributed by atoms with Gasteiger partial charge in [-0.3, -0.25) is 5.10 Å². The average molecular weight is 439 g/mol. The third kappa shape index (κ3) is 3.69. The first-order chi connectivity index (χ1) is 16.2. The molecule has 3 aromatic heterocycles. The number of hydrogen-bond acceptors (Lipinski definition) is 5. The first-order valence-corrected chi connectivity index (χ1v) is 10.9. The number of nitrogen functional groups attached to an aromatic ring is 1. The van der Waals surface area contributed by atoms with Crippen molar-refractivity contribution in [2.24, 2.45) is 0 Å². The number of nitrogens with one attached hydrogen (secondary N) is 3. The van der Waals surface area contributed by atoms with Crippen LogP contribution < -0.4 is 11.1 Å². The van der Waals surface area contributed by atoms with Crippen LogP contribution in [0.2, 0.25) is 0 Å². The van der Waals surface area contributed by atoms with Gasteiger partial charge in [-0.25, -0.2) is 9.37 Å². The molecule has 6 rings (SSSR count). The van der Waals surface area contributed by atoms with E-state index in [0.29, 0.717) is 18.1 Å². The normalized spacial score (nSPS) is 17.4. The molecule has 8 heteroatoms. The second kappa shape index (κ2) is 7.74. The Labute approximate surface area is 189 Å². The van der Waals surface area contributed by atoms with Crippen molar-refractivity contribution in [1.82, 2.24) is 25.1 Å². The van der Waals surface area contributed by atoms with Crippen molar-refractivity contribution in [3.8, 4) is 0 Å². The maximum absolute atomic E-state index is 14.1. The van der Waals surface area contributed by atoms with E-state index in [9.17, 15) is 4.39 Å². The van der Waals surface area contributed by atoms with E-state index < -0.39 is 0 Å². The van der Waals surface area contributed by atoms with Crippen molar-refractivity contribution in [1.29, 1.82) is 0 Å². The summed E-state index contributed by atoms with van der Waals surface area (Å²) < 4.78 is 14.1. The van der Waals surface area contributed by atoms with Crippen LogP contribution in [0.15, 0.2) is 67.0 Å². The van der Waals surface area contributed by atoms with Crippen LogP contribution in [0.1, 0.15) is 40.6 Å². The lowest BCUT2D eigenvalue weighted by molar-refractivity contribution is 0.609. The van der Waals surface area contributed by atoms with E-state index >= 15 is 0 Å². The molecule has 2 aromatic carbocycles. The Balaban J connectivity index is 1.24. The van der Waals surface area contributed by atoms with Gasteiger partial charge in [0, 0.05) is 53.0 Å². The highest BCUT2D eigenvalue weighted by Crippen LogP contribution is 2.54. The van der Waals surface area contributed by atoms with Gasteiger partial charge in [-0.1, -0.05) is 30.3 Å². The van der Waals surface area contributed by atoms with E-state index in [-0.39, 0.29) is 23.6 Å². The molecule has 3 heterocycles. The van der Waals surface area contributed by atoms with Gasteiger partial charge in [0.15, 0.2) is 5.82 Å². The second-order valence-corrected chi connectivity index (χ2v) is 8.44. The summed E-state index contributed by atoms with van der Waals surface area (Å²) in [6.07, 6.45) is 5.23. The van der Waals surface area contributed by atoms with E-state index in [1.807, 2.05) is 30.5 Å². The standard InChI is InChI=1S/C25H22FN7/c26-20-6-2-1-5-17(20)18-11-19(18)22-12-23(33-32-22)30-24-15(13-29-25(27)31-24)10-14-4-3-7-21-16(14)8-9-28-21/h1-9,12-13,18-19,28H,10-11H2,(H4,27,29,30,31,32,33). The van der Waals surface area contributed by atoms with Gasteiger partial charge < -0.3 is 16.0 Å². The molecular formula is C25H22FN7. The molecule has 7 nitrogen and oxygen atoms in total. The summed E-state index contributed by atoms with van der Waals surface area (Å²) in [6, 6.07) is 17.2. The van der Waals surface area contributed by atoms with Crippen LogP contribution in [0.25, 0.3) is 10.9 Å². The number of anilines is 3. The van der Waals surface area contributed by atoms with Gasteiger partial charge in [-0.05, 0) is 41.7 Å². The Hall–Kier alpha value is -4.20. The number of benzene rings is 2. The molecule has 0 spiro atoms. The lowest BCUT2D eigenvalue weighted by atomic mass is 10.0. The molecular weight excluding hydrogens is 417 g/mol. The third-order valence-corrected chi connectivity index (χ3v) is 6.29. The first-order valence-electron chi connectivity index (χ1n) is 10.9. The molecule has 33 heavy (non-hydrogen) atoms. The highest BCUT2D eigenvalue weighted by molar-refractivity contribution is 5.83. The lowest BCUT2D eigenvalue weighted by Gasteiger charge is -2.10. The summed E-state index contributed by atoms with van der Waals surface area (Å²) in [7, 11) is 0. The fourth-order valence-electron chi connectivity index (χ4n) is 4.54. The van der Waals surface area contributed by atoms with Crippen molar-refractivity contribution in [3.63, 3.8) is 0 Å². The summed E-state index contributed by atoms with van der Waals surface area (Å²) in [5.41, 5.74) is 10.8. The minimum Gasteiger partial charge on any atom is -0.368 e. The van der Waals surface area contributed by atoms with Gasteiger partial charge in [0.25, 0.3) is 0 Å². The van der Waals surface area contributed by atoms with E-state index in [1.165, 1.54) is 11.6 Å². The fraction of sp³-hybridized carbons (Fsp3) is 0.160. The van der Waals surface area contributed by atoms with Crippen molar-refractivity contribution < 1.29 is 4.39 Å². The number of H-pyrrole nitrogens is 2. The van der Waals surface area contributed by atoms with Gasteiger partial charge in [0.2, 0.25) is 5.95 Å². The molecule has 0 saturated heterocycles. The second-order valence-electron chi connectivity index (χ2n) is 8.44. The number of nitrogens with two attached hydrogens (primary N) is 1. The quantitative estimate of drug-likeness (QED) is 0.297. The topological polar surface area (TPSA) is 108 Å². The third-order valence-electron chi connectivity index (χ3n) is 6.29. The Morgan fingerprint density at radius 2 is 1.97 bits per heavy atom. The SMILES string of the molecule is Nc1ncc(Cc2cccc3[nH]ccc23)c(Nc2cc(C3CC3c3ccccc3F)[nH]n2)n1. The molecule has 5 N–H and O–H groups in total. The highest BCUT2D eigenvalue weighted by Gasteiger charge is 2.42. The molecule has 5 aromatic rings. The lowest BCUT2D eigenvalue weighted by Crippen LogP contribution is -2.05. The number of fused-ring (bicyclic) bond motifs is 1. The summed E-state index contributed by atoms with van der Waals surface area (Å²) in [5.74, 6) is 1.70. The van der Waals surface area contributed by atoms with Gasteiger partial charge in [0.1, 0.15) is 11.6 Å². The number of aromatic amines is 2. The van der Waals surface area contributed by atoms with Crippen LogP contribution >= 0.6 is 0 Å². The Bertz CT molecular complexity index is 1450. The summed E-state index contributed by atoms with van der Waals surface area (Å²) in [6.45, 7) is 0. The van der Waals surface area contributed by atoms with Crippen molar-refractivity contribution in [2.75, 3.05) is 11.1 Å². The molecule has 0 radical (unpaired) electrons. The zero-order valence-electron chi connectivity index (χ0n) is 17.7. The smallest absolute Gasteiger partial charge is 0.221 e. The van der Waals surface area contributed by atoms with Gasteiger partial charge in [-0.2, -0.15) is 10.1 Å².